The summed E-state index contributed by atoms with van der Waals surface area (Å²) < 4.78 is 0. The second-order valence-corrected chi connectivity index (χ2v) is 5.14. The number of thioether (sulfide) groups is 1. The van der Waals surface area contributed by atoms with Crippen LogP contribution in [0.1, 0.15) is 11.1 Å². The highest BCUT2D eigenvalue weighted by Crippen LogP contribution is 2.36. The largest absolute Gasteiger partial charge is 0.318 e. The van der Waals surface area contributed by atoms with Crippen LogP contribution in [0.4, 0.5) is 0 Å². The summed E-state index contributed by atoms with van der Waals surface area (Å²) in [4.78, 5) is 6.69. The van der Waals surface area contributed by atoms with Gasteiger partial charge in [-0.05, 0) is 18.6 Å². The van der Waals surface area contributed by atoms with Gasteiger partial charge < -0.3 is 4.90 Å². The van der Waals surface area contributed by atoms with E-state index in [1.165, 1.54) is 11.3 Å². The van der Waals surface area contributed by atoms with Crippen molar-refractivity contribution in [2.45, 2.75) is 6.92 Å². The zero-order valence-corrected chi connectivity index (χ0v) is 10.5. The number of halogens is 1. The van der Waals surface area contributed by atoms with Gasteiger partial charge in [0.2, 0.25) is 0 Å². The predicted octanol–water partition coefficient (Wildman–Crippen LogP) is 3.37. The second kappa shape index (κ2) is 3.82. The summed E-state index contributed by atoms with van der Waals surface area (Å²) in [6.07, 6.45) is 0. The fourth-order valence-electron chi connectivity index (χ4n) is 1.90. The van der Waals surface area contributed by atoms with Crippen molar-refractivity contribution < 1.29 is 0 Å². The van der Waals surface area contributed by atoms with Gasteiger partial charge in [0.05, 0.1) is 12.2 Å². The Morgan fingerprint density at radius 1 is 1.44 bits per heavy atom. The Kier molecular flexibility index (Phi) is 2.45. The van der Waals surface area contributed by atoms with E-state index in [-0.39, 0.29) is 0 Å². The zero-order valence-electron chi connectivity index (χ0n) is 8.90. The van der Waals surface area contributed by atoms with E-state index in [2.05, 4.69) is 27.4 Å². The van der Waals surface area contributed by atoms with Crippen LogP contribution in [-0.2, 0) is 0 Å². The molecule has 2 aliphatic rings. The SMILES string of the molecule is Cc1ccc(C2=CSC3=NCCN23)cc1Cl. The summed E-state index contributed by atoms with van der Waals surface area (Å²) in [5.41, 5.74) is 3.52. The van der Waals surface area contributed by atoms with Crippen LogP contribution >= 0.6 is 23.4 Å². The smallest absolute Gasteiger partial charge is 0.168 e. The van der Waals surface area contributed by atoms with Gasteiger partial charge in [-0.25, -0.2) is 0 Å². The van der Waals surface area contributed by atoms with Crippen LogP contribution in [0.5, 0.6) is 0 Å². The van der Waals surface area contributed by atoms with Gasteiger partial charge in [0.15, 0.2) is 5.17 Å². The van der Waals surface area contributed by atoms with Crippen molar-refractivity contribution in [1.29, 1.82) is 0 Å². The molecule has 0 amide bonds. The minimum atomic E-state index is 0.827. The predicted molar refractivity (Wildman–Crippen MR) is 70.8 cm³/mol. The average Bonchev–Trinajstić information content (AvgIpc) is 2.83. The van der Waals surface area contributed by atoms with Crippen molar-refractivity contribution >= 4 is 34.2 Å². The van der Waals surface area contributed by atoms with Crippen LogP contribution in [0.3, 0.4) is 0 Å². The van der Waals surface area contributed by atoms with Crippen LogP contribution in [0, 0.1) is 6.92 Å². The summed E-state index contributed by atoms with van der Waals surface area (Å²) in [6, 6.07) is 6.22. The molecule has 1 aromatic carbocycles. The Morgan fingerprint density at radius 3 is 3.12 bits per heavy atom. The summed E-state index contributed by atoms with van der Waals surface area (Å²) in [7, 11) is 0. The van der Waals surface area contributed by atoms with E-state index in [0.29, 0.717) is 0 Å². The number of amidine groups is 1. The molecule has 0 aliphatic carbocycles. The molecule has 16 heavy (non-hydrogen) atoms. The number of aliphatic imine (C=N–C) groups is 1. The maximum absolute atomic E-state index is 6.15. The molecule has 0 N–H and O–H groups in total. The van der Waals surface area contributed by atoms with Gasteiger partial charge >= 0.3 is 0 Å². The molecule has 82 valence electrons. The maximum atomic E-state index is 6.15. The molecular weight excluding hydrogens is 240 g/mol. The molecule has 0 aromatic heterocycles. The standard InChI is InChI=1S/C12H11ClN2S/c1-8-2-3-9(6-10(8)13)11-7-16-12-14-4-5-15(11)12/h2-3,6-7H,4-5H2,1H3. The van der Waals surface area contributed by atoms with Crippen molar-refractivity contribution in [1.82, 2.24) is 4.90 Å². The van der Waals surface area contributed by atoms with Crippen molar-refractivity contribution in [3.63, 3.8) is 0 Å². The highest BCUT2D eigenvalue weighted by Gasteiger charge is 2.27. The quantitative estimate of drug-likeness (QED) is 0.760. The number of rotatable bonds is 1. The van der Waals surface area contributed by atoms with E-state index in [0.717, 1.165) is 28.8 Å². The van der Waals surface area contributed by atoms with Crippen molar-refractivity contribution in [3.8, 4) is 0 Å². The lowest BCUT2D eigenvalue weighted by Gasteiger charge is -2.17. The molecule has 0 unspecified atom stereocenters. The summed E-state index contributed by atoms with van der Waals surface area (Å²) in [6.45, 7) is 3.91. The van der Waals surface area contributed by atoms with Crippen LogP contribution < -0.4 is 0 Å². The minimum Gasteiger partial charge on any atom is -0.318 e. The monoisotopic (exact) mass is 250 g/mol. The van der Waals surface area contributed by atoms with E-state index in [1.807, 2.05) is 13.0 Å². The van der Waals surface area contributed by atoms with Gasteiger partial charge in [-0.2, -0.15) is 0 Å². The molecular formula is C12H11ClN2S. The highest BCUT2D eigenvalue weighted by molar-refractivity contribution is 8.16. The molecule has 2 aliphatic heterocycles. The van der Waals surface area contributed by atoms with Gasteiger partial charge in [0, 0.05) is 22.5 Å². The number of benzene rings is 1. The van der Waals surface area contributed by atoms with E-state index >= 15 is 0 Å². The molecule has 2 heterocycles. The van der Waals surface area contributed by atoms with E-state index in [1.54, 1.807) is 11.8 Å². The fourth-order valence-corrected chi connectivity index (χ4v) is 3.04. The average molecular weight is 251 g/mol. The lowest BCUT2D eigenvalue weighted by molar-refractivity contribution is 0.650. The molecule has 4 heteroatoms. The molecule has 2 nitrogen and oxygen atoms in total. The Balaban J connectivity index is 1.99. The van der Waals surface area contributed by atoms with E-state index in [4.69, 9.17) is 11.6 Å². The number of fused-ring (bicyclic) bond motifs is 1. The van der Waals surface area contributed by atoms with Gasteiger partial charge in [0.1, 0.15) is 0 Å². The molecule has 3 rings (SSSR count). The van der Waals surface area contributed by atoms with Gasteiger partial charge in [0.25, 0.3) is 0 Å². The number of aryl methyl sites for hydroxylation is 1. The number of hydrogen-bond acceptors (Lipinski definition) is 3. The fraction of sp³-hybridized carbons (Fsp3) is 0.250. The topological polar surface area (TPSA) is 15.6 Å². The third-order valence-electron chi connectivity index (χ3n) is 2.84. The summed E-state index contributed by atoms with van der Waals surface area (Å²) in [5, 5.41) is 4.10. The van der Waals surface area contributed by atoms with E-state index in [9.17, 15) is 0 Å². The van der Waals surface area contributed by atoms with Crippen LogP contribution in [0.15, 0.2) is 28.6 Å². The van der Waals surface area contributed by atoms with E-state index < -0.39 is 0 Å². The van der Waals surface area contributed by atoms with Crippen LogP contribution in [0.2, 0.25) is 5.02 Å². The third kappa shape index (κ3) is 1.55. The summed E-state index contributed by atoms with van der Waals surface area (Å²) >= 11 is 7.85. The van der Waals surface area contributed by atoms with Gasteiger partial charge in [-0.3, -0.25) is 4.99 Å². The van der Waals surface area contributed by atoms with Crippen molar-refractivity contribution in [2.24, 2.45) is 4.99 Å². The maximum Gasteiger partial charge on any atom is 0.168 e. The lowest BCUT2D eigenvalue weighted by atomic mass is 10.1. The Morgan fingerprint density at radius 2 is 2.31 bits per heavy atom. The molecule has 0 saturated carbocycles. The first-order chi connectivity index (χ1) is 7.75. The van der Waals surface area contributed by atoms with Gasteiger partial charge in [-0.1, -0.05) is 35.5 Å². The van der Waals surface area contributed by atoms with Gasteiger partial charge in [-0.15, -0.1) is 0 Å². The Bertz CT molecular complexity index is 508. The third-order valence-corrected chi connectivity index (χ3v) is 4.14. The molecule has 0 atom stereocenters. The van der Waals surface area contributed by atoms with Crippen molar-refractivity contribution in [3.05, 3.63) is 39.8 Å². The normalized spacial score (nSPS) is 18.5. The number of nitrogens with zero attached hydrogens (tertiary/aromatic N) is 2. The number of hydrogen-bond donors (Lipinski definition) is 0. The molecule has 0 spiro atoms. The highest BCUT2D eigenvalue weighted by atomic mass is 35.5. The second-order valence-electron chi connectivity index (χ2n) is 3.90. The zero-order chi connectivity index (χ0) is 11.1. The van der Waals surface area contributed by atoms with Crippen LogP contribution in [-0.4, -0.2) is 23.2 Å². The summed E-state index contributed by atoms with van der Waals surface area (Å²) in [5.74, 6) is 0. The molecule has 1 aromatic rings. The molecule has 0 fully saturated rings. The minimum absolute atomic E-state index is 0.827. The molecule has 0 bridgehead atoms. The van der Waals surface area contributed by atoms with Crippen LogP contribution in [0.25, 0.3) is 5.70 Å². The lowest BCUT2D eigenvalue weighted by Crippen LogP contribution is -2.19. The van der Waals surface area contributed by atoms with Crippen molar-refractivity contribution in [2.75, 3.05) is 13.1 Å². The Labute approximate surface area is 104 Å². The first-order valence-corrected chi connectivity index (χ1v) is 6.47. The first kappa shape index (κ1) is 10.2. The Hall–Kier alpha value is -0.930. The molecule has 0 saturated heterocycles. The molecule has 0 radical (unpaired) electrons. The first-order valence-electron chi connectivity index (χ1n) is 5.21.